The number of unbranched alkanes of at least 4 members (excludes halogenated alkanes) is 2. The summed E-state index contributed by atoms with van der Waals surface area (Å²) in [5.74, 6) is 0.642. The van der Waals surface area contributed by atoms with Crippen LogP contribution in [0, 0.1) is 0 Å². The Kier molecular flexibility index (Phi) is 6.93. The largest absolute Gasteiger partial charge is 0.249 e. The third kappa shape index (κ3) is 4.44. The SMILES string of the molecule is CCCCC(CC)c1c([Si](C)(C)C)nnn1CCCC. The Balaban J connectivity index is 3.11. The van der Waals surface area contributed by atoms with Gasteiger partial charge in [0, 0.05) is 12.5 Å². The molecule has 0 aliphatic heterocycles. The molecule has 1 heterocycles. The van der Waals surface area contributed by atoms with E-state index in [9.17, 15) is 0 Å². The second kappa shape index (κ2) is 7.96. The quantitative estimate of drug-likeness (QED) is 0.636. The highest BCUT2D eigenvalue weighted by Gasteiger charge is 2.29. The molecule has 20 heavy (non-hydrogen) atoms. The molecule has 0 spiro atoms. The Labute approximate surface area is 126 Å². The summed E-state index contributed by atoms with van der Waals surface area (Å²) in [6, 6.07) is 0. The monoisotopic (exact) mass is 295 g/mol. The van der Waals surface area contributed by atoms with Gasteiger partial charge in [0.25, 0.3) is 0 Å². The zero-order valence-corrected chi connectivity index (χ0v) is 15.4. The van der Waals surface area contributed by atoms with Crippen LogP contribution < -0.4 is 5.32 Å². The predicted molar refractivity (Wildman–Crippen MR) is 90.5 cm³/mol. The molecule has 1 aromatic heterocycles. The Morgan fingerprint density at radius 3 is 2.20 bits per heavy atom. The Bertz CT molecular complexity index is 393. The number of rotatable bonds is 9. The number of aryl methyl sites for hydroxylation is 1. The number of aromatic nitrogens is 3. The lowest BCUT2D eigenvalue weighted by atomic mass is 9.96. The van der Waals surface area contributed by atoms with Crippen molar-refractivity contribution in [2.75, 3.05) is 0 Å². The minimum Gasteiger partial charge on any atom is -0.249 e. The molecule has 1 atom stereocenters. The maximum absolute atomic E-state index is 4.59. The second-order valence-electron chi connectivity index (χ2n) is 6.90. The molecule has 0 saturated heterocycles. The van der Waals surface area contributed by atoms with E-state index in [1.54, 1.807) is 0 Å². The van der Waals surface area contributed by atoms with Crippen molar-refractivity contribution in [3.05, 3.63) is 5.69 Å². The first kappa shape index (κ1) is 17.4. The minimum absolute atomic E-state index is 0.642. The van der Waals surface area contributed by atoms with Gasteiger partial charge >= 0.3 is 0 Å². The molecular weight excluding hydrogens is 262 g/mol. The van der Waals surface area contributed by atoms with Gasteiger partial charge in [0.2, 0.25) is 0 Å². The van der Waals surface area contributed by atoms with Crippen molar-refractivity contribution in [1.82, 2.24) is 15.0 Å². The molecule has 1 rings (SSSR count). The lowest BCUT2D eigenvalue weighted by Crippen LogP contribution is -2.42. The Hall–Kier alpha value is -0.643. The summed E-state index contributed by atoms with van der Waals surface area (Å²) in [5, 5.41) is 10.4. The summed E-state index contributed by atoms with van der Waals surface area (Å²) in [7, 11) is -1.41. The summed E-state index contributed by atoms with van der Waals surface area (Å²) in [4.78, 5) is 0. The second-order valence-corrected chi connectivity index (χ2v) is 11.9. The van der Waals surface area contributed by atoms with Gasteiger partial charge in [0.05, 0.1) is 11.0 Å². The Morgan fingerprint density at radius 1 is 1.05 bits per heavy atom. The van der Waals surface area contributed by atoms with Crippen molar-refractivity contribution in [3.8, 4) is 0 Å². The first-order chi connectivity index (χ1) is 9.45. The summed E-state index contributed by atoms with van der Waals surface area (Å²) in [6.45, 7) is 15.0. The summed E-state index contributed by atoms with van der Waals surface area (Å²) in [5.41, 5.74) is 1.47. The van der Waals surface area contributed by atoms with Gasteiger partial charge in [-0.15, -0.1) is 5.10 Å². The third-order valence-corrected chi connectivity index (χ3v) is 5.77. The van der Waals surface area contributed by atoms with Crippen LogP contribution in [0.2, 0.25) is 19.6 Å². The van der Waals surface area contributed by atoms with Crippen molar-refractivity contribution in [2.45, 2.75) is 91.4 Å². The van der Waals surface area contributed by atoms with Gasteiger partial charge < -0.3 is 0 Å². The van der Waals surface area contributed by atoms with E-state index in [0.717, 1.165) is 6.54 Å². The van der Waals surface area contributed by atoms with Gasteiger partial charge in [0.15, 0.2) is 0 Å². The van der Waals surface area contributed by atoms with Crippen LogP contribution >= 0.6 is 0 Å². The highest BCUT2D eigenvalue weighted by Crippen LogP contribution is 2.25. The predicted octanol–water partition coefficient (Wildman–Crippen LogP) is 4.31. The molecule has 4 heteroatoms. The zero-order valence-electron chi connectivity index (χ0n) is 14.4. The van der Waals surface area contributed by atoms with Crippen LogP contribution in [0.25, 0.3) is 0 Å². The van der Waals surface area contributed by atoms with E-state index < -0.39 is 8.07 Å². The molecule has 0 fully saturated rings. The first-order valence-corrected chi connectivity index (χ1v) is 11.9. The van der Waals surface area contributed by atoms with Crippen molar-refractivity contribution >= 4 is 13.4 Å². The molecule has 116 valence electrons. The first-order valence-electron chi connectivity index (χ1n) is 8.39. The standard InChI is InChI=1S/C16H33N3Si/c1-7-10-12-14(9-3)15-16(20(4,5)6)17-18-19(15)13-11-8-2/h14H,7-13H2,1-6H3. The maximum atomic E-state index is 4.59. The topological polar surface area (TPSA) is 30.7 Å². The van der Waals surface area contributed by atoms with E-state index in [-0.39, 0.29) is 0 Å². The van der Waals surface area contributed by atoms with E-state index in [2.05, 4.69) is 55.4 Å². The van der Waals surface area contributed by atoms with Crippen LogP contribution in [0.15, 0.2) is 0 Å². The molecule has 0 aliphatic carbocycles. The lowest BCUT2D eigenvalue weighted by Gasteiger charge is -2.22. The smallest absolute Gasteiger partial charge is 0.106 e. The highest BCUT2D eigenvalue weighted by molar-refractivity contribution is 6.88. The normalized spacial score (nSPS) is 13.7. The fourth-order valence-electron chi connectivity index (χ4n) is 2.72. The van der Waals surface area contributed by atoms with Crippen molar-refractivity contribution in [2.24, 2.45) is 0 Å². The minimum atomic E-state index is -1.41. The van der Waals surface area contributed by atoms with Gasteiger partial charge in [-0.3, -0.25) is 0 Å². The van der Waals surface area contributed by atoms with E-state index in [4.69, 9.17) is 0 Å². The number of hydrogen-bond donors (Lipinski definition) is 0. The maximum Gasteiger partial charge on any atom is 0.106 e. The van der Waals surface area contributed by atoms with Crippen molar-refractivity contribution in [1.29, 1.82) is 0 Å². The summed E-state index contributed by atoms with van der Waals surface area (Å²) in [6.07, 6.45) is 7.48. The molecule has 0 aromatic carbocycles. The molecule has 3 nitrogen and oxygen atoms in total. The average molecular weight is 296 g/mol. The number of hydrogen-bond acceptors (Lipinski definition) is 2. The molecular formula is C16H33N3Si. The van der Waals surface area contributed by atoms with E-state index >= 15 is 0 Å². The molecule has 0 saturated carbocycles. The molecule has 1 aromatic rings. The average Bonchev–Trinajstić information content (AvgIpc) is 2.81. The van der Waals surface area contributed by atoms with Crippen LogP contribution in [0.4, 0.5) is 0 Å². The van der Waals surface area contributed by atoms with Gasteiger partial charge in [-0.2, -0.15) is 0 Å². The van der Waals surface area contributed by atoms with Crippen LogP contribution in [0.5, 0.6) is 0 Å². The summed E-state index contributed by atoms with van der Waals surface area (Å²) >= 11 is 0. The van der Waals surface area contributed by atoms with Crippen LogP contribution in [0.3, 0.4) is 0 Å². The van der Waals surface area contributed by atoms with Crippen LogP contribution in [-0.2, 0) is 6.54 Å². The van der Waals surface area contributed by atoms with Crippen molar-refractivity contribution < 1.29 is 0 Å². The van der Waals surface area contributed by atoms with Gasteiger partial charge in [-0.25, -0.2) is 4.68 Å². The lowest BCUT2D eigenvalue weighted by molar-refractivity contribution is 0.480. The van der Waals surface area contributed by atoms with E-state index in [0.29, 0.717) is 5.92 Å². The highest BCUT2D eigenvalue weighted by atomic mass is 28.3. The van der Waals surface area contributed by atoms with Gasteiger partial charge in [-0.05, 0) is 19.3 Å². The molecule has 0 amide bonds. The molecule has 1 unspecified atom stereocenters. The van der Waals surface area contributed by atoms with Crippen LogP contribution in [-0.4, -0.2) is 23.1 Å². The van der Waals surface area contributed by atoms with Crippen molar-refractivity contribution in [3.63, 3.8) is 0 Å². The zero-order chi connectivity index (χ0) is 15.2. The van der Waals surface area contributed by atoms with Gasteiger partial charge in [-0.1, -0.05) is 64.9 Å². The molecule has 0 N–H and O–H groups in total. The number of nitrogens with zero attached hydrogens (tertiary/aromatic N) is 3. The molecule has 0 aliphatic rings. The Morgan fingerprint density at radius 2 is 1.70 bits per heavy atom. The van der Waals surface area contributed by atoms with Crippen LogP contribution in [0.1, 0.15) is 70.9 Å². The fourth-order valence-corrected chi connectivity index (χ4v) is 4.16. The summed E-state index contributed by atoms with van der Waals surface area (Å²) < 4.78 is 2.22. The van der Waals surface area contributed by atoms with E-state index in [1.807, 2.05) is 0 Å². The molecule has 0 radical (unpaired) electrons. The van der Waals surface area contributed by atoms with E-state index in [1.165, 1.54) is 49.5 Å². The molecule has 0 bridgehead atoms. The fraction of sp³-hybridized carbons (Fsp3) is 0.875. The third-order valence-electron chi connectivity index (χ3n) is 3.99. The van der Waals surface area contributed by atoms with Gasteiger partial charge in [0.1, 0.15) is 8.07 Å².